The molecule has 0 spiro atoms. The maximum Gasteiger partial charge on any atom is 0.123 e. The quantitative estimate of drug-likeness (QED) is 0.753. The molecular formula is C10H14FNS. The standard InChI is InChI=1S/C10H14FNS/c1-8-6-10(11)3-2-9(8)7-13-5-4-12/h2-3,6H,4-5,7,12H2,1H3. The maximum absolute atomic E-state index is 12.7. The number of nitrogens with two attached hydrogens (primary N) is 1. The lowest BCUT2D eigenvalue weighted by molar-refractivity contribution is 0.626. The summed E-state index contributed by atoms with van der Waals surface area (Å²) in [6.07, 6.45) is 0. The Balaban J connectivity index is 2.56. The van der Waals surface area contributed by atoms with Crippen LogP contribution >= 0.6 is 11.8 Å². The van der Waals surface area contributed by atoms with Gasteiger partial charge in [-0.1, -0.05) is 6.07 Å². The highest BCUT2D eigenvalue weighted by molar-refractivity contribution is 7.98. The van der Waals surface area contributed by atoms with Crippen molar-refractivity contribution in [1.82, 2.24) is 0 Å². The first-order chi connectivity index (χ1) is 6.24. The Morgan fingerprint density at radius 2 is 2.23 bits per heavy atom. The van der Waals surface area contributed by atoms with Gasteiger partial charge < -0.3 is 5.73 Å². The molecule has 2 N–H and O–H groups in total. The molecule has 0 saturated heterocycles. The minimum Gasteiger partial charge on any atom is -0.330 e. The van der Waals surface area contributed by atoms with Crippen LogP contribution in [0.5, 0.6) is 0 Å². The van der Waals surface area contributed by atoms with Gasteiger partial charge in [-0.15, -0.1) is 0 Å². The monoisotopic (exact) mass is 199 g/mol. The van der Waals surface area contributed by atoms with E-state index in [1.165, 1.54) is 11.6 Å². The van der Waals surface area contributed by atoms with Gasteiger partial charge in [0.25, 0.3) is 0 Å². The molecule has 1 nitrogen and oxygen atoms in total. The third kappa shape index (κ3) is 3.36. The Morgan fingerprint density at radius 3 is 2.85 bits per heavy atom. The number of rotatable bonds is 4. The highest BCUT2D eigenvalue weighted by Crippen LogP contribution is 2.16. The number of hydrogen-bond acceptors (Lipinski definition) is 2. The van der Waals surface area contributed by atoms with E-state index in [4.69, 9.17) is 5.73 Å². The van der Waals surface area contributed by atoms with E-state index in [2.05, 4.69) is 0 Å². The van der Waals surface area contributed by atoms with Crippen LogP contribution in [0, 0.1) is 12.7 Å². The molecule has 0 radical (unpaired) electrons. The second kappa shape index (κ2) is 5.25. The summed E-state index contributed by atoms with van der Waals surface area (Å²) in [5.74, 6) is 1.71. The van der Waals surface area contributed by atoms with E-state index >= 15 is 0 Å². The average Bonchev–Trinajstić information content (AvgIpc) is 2.09. The Morgan fingerprint density at radius 1 is 1.46 bits per heavy atom. The molecule has 0 aliphatic heterocycles. The SMILES string of the molecule is Cc1cc(F)ccc1CSCCN. The number of halogens is 1. The summed E-state index contributed by atoms with van der Waals surface area (Å²) in [5, 5.41) is 0. The Hall–Kier alpha value is -0.540. The number of hydrogen-bond donors (Lipinski definition) is 1. The number of benzene rings is 1. The molecule has 0 bridgehead atoms. The molecule has 1 rings (SSSR count). The van der Waals surface area contributed by atoms with Crippen molar-refractivity contribution in [2.75, 3.05) is 12.3 Å². The Bertz CT molecular complexity index is 276. The van der Waals surface area contributed by atoms with Crippen molar-refractivity contribution in [3.8, 4) is 0 Å². The molecule has 1 aromatic rings. The van der Waals surface area contributed by atoms with Crippen LogP contribution in [-0.2, 0) is 5.75 Å². The Labute approximate surface area is 82.5 Å². The molecular weight excluding hydrogens is 185 g/mol. The molecule has 0 aliphatic rings. The van der Waals surface area contributed by atoms with Gasteiger partial charge >= 0.3 is 0 Å². The summed E-state index contributed by atoms with van der Waals surface area (Å²) in [6, 6.07) is 4.91. The molecule has 0 atom stereocenters. The maximum atomic E-state index is 12.7. The van der Waals surface area contributed by atoms with Crippen LogP contribution < -0.4 is 5.73 Å². The minimum atomic E-state index is -0.162. The summed E-state index contributed by atoms with van der Waals surface area (Å²) in [6.45, 7) is 2.63. The lowest BCUT2D eigenvalue weighted by Gasteiger charge is -2.04. The molecule has 13 heavy (non-hydrogen) atoms. The van der Waals surface area contributed by atoms with Gasteiger partial charge in [-0.3, -0.25) is 0 Å². The fraction of sp³-hybridized carbons (Fsp3) is 0.400. The summed E-state index contributed by atoms with van der Waals surface area (Å²) < 4.78 is 12.7. The van der Waals surface area contributed by atoms with Crippen LogP contribution in [-0.4, -0.2) is 12.3 Å². The van der Waals surface area contributed by atoms with Gasteiger partial charge in [-0.25, -0.2) is 4.39 Å². The van der Waals surface area contributed by atoms with Gasteiger partial charge in [-0.05, 0) is 30.2 Å². The Kier molecular flexibility index (Phi) is 4.25. The van der Waals surface area contributed by atoms with Crippen molar-refractivity contribution < 1.29 is 4.39 Å². The smallest absolute Gasteiger partial charge is 0.123 e. The molecule has 0 amide bonds. The summed E-state index contributed by atoms with van der Waals surface area (Å²) in [5.41, 5.74) is 7.59. The van der Waals surface area contributed by atoms with Crippen molar-refractivity contribution in [3.63, 3.8) is 0 Å². The van der Waals surface area contributed by atoms with Gasteiger partial charge in [0.15, 0.2) is 0 Å². The predicted molar refractivity (Wildman–Crippen MR) is 56.4 cm³/mol. The van der Waals surface area contributed by atoms with Crippen molar-refractivity contribution >= 4 is 11.8 Å². The van der Waals surface area contributed by atoms with Gasteiger partial charge in [-0.2, -0.15) is 11.8 Å². The molecule has 0 heterocycles. The van der Waals surface area contributed by atoms with E-state index in [9.17, 15) is 4.39 Å². The van der Waals surface area contributed by atoms with E-state index in [1.54, 1.807) is 17.8 Å². The van der Waals surface area contributed by atoms with Crippen LogP contribution in [0.25, 0.3) is 0 Å². The van der Waals surface area contributed by atoms with Gasteiger partial charge in [0.1, 0.15) is 5.82 Å². The molecule has 0 fully saturated rings. The van der Waals surface area contributed by atoms with Crippen LogP contribution in [0.1, 0.15) is 11.1 Å². The van der Waals surface area contributed by atoms with Crippen LogP contribution in [0.4, 0.5) is 4.39 Å². The van der Waals surface area contributed by atoms with Gasteiger partial charge in [0, 0.05) is 18.1 Å². The average molecular weight is 199 g/mol. The van der Waals surface area contributed by atoms with Gasteiger partial charge in [0.05, 0.1) is 0 Å². The predicted octanol–water partition coefficient (Wildman–Crippen LogP) is 2.33. The first-order valence-electron chi connectivity index (χ1n) is 4.27. The highest BCUT2D eigenvalue weighted by Gasteiger charge is 1.99. The molecule has 0 unspecified atom stereocenters. The summed E-state index contributed by atoms with van der Waals surface area (Å²) in [4.78, 5) is 0. The molecule has 0 aromatic heterocycles. The lowest BCUT2D eigenvalue weighted by atomic mass is 10.1. The number of aryl methyl sites for hydroxylation is 1. The molecule has 72 valence electrons. The molecule has 0 aliphatic carbocycles. The highest BCUT2D eigenvalue weighted by atomic mass is 32.2. The van der Waals surface area contributed by atoms with Crippen LogP contribution in [0.3, 0.4) is 0 Å². The van der Waals surface area contributed by atoms with Crippen molar-refractivity contribution in [2.24, 2.45) is 5.73 Å². The zero-order valence-electron chi connectivity index (χ0n) is 7.72. The normalized spacial score (nSPS) is 10.4. The third-order valence-corrected chi connectivity index (χ3v) is 2.86. The molecule has 1 aromatic carbocycles. The van der Waals surface area contributed by atoms with Crippen LogP contribution in [0.15, 0.2) is 18.2 Å². The van der Waals surface area contributed by atoms with E-state index < -0.39 is 0 Å². The molecule has 3 heteroatoms. The van der Waals surface area contributed by atoms with E-state index in [0.29, 0.717) is 6.54 Å². The fourth-order valence-electron chi connectivity index (χ4n) is 1.09. The zero-order chi connectivity index (χ0) is 9.68. The van der Waals surface area contributed by atoms with Crippen molar-refractivity contribution in [1.29, 1.82) is 0 Å². The largest absolute Gasteiger partial charge is 0.330 e. The first-order valence-corrected chi connectivity index (χ1v) is 5.42. The molecule has 0 saturated carbocycles. The van der Waals surface area contributed by atoms with Crippen LogP contribution in [0.2, 0.25) is 0 Å². The van der Waals surface area contributed by atoms with E-state index in [-0.39, 0.29) is 5.82 Å². The van der Waals surface area contributed by atoms with E-state index in [1.807, 2.05) is 13.0 Å². The first kappa shape index (κ1) is 10.5. The van der Waals surface area contributed by atoms with Crippen molar-refractivity contribution in [3.05, 3.63) is 35.1 Å². The van der Waals surface area contributed by atoms with E-state index in [0.717, 1.165) is 17.1 Å². The lowest BCUT2D eigenvalue weighted by Crippen LogP contribution is -2.01. The third-order valence-electron chi connectivity index (χ3n) is 1.82. The number of thioether (sulfide) groups is 1. The van der Waals surface area contributed by atoms with Gasteiger partial charge in [0.2, 0.25) is 0 Å². The fourth-order valence-corrected chi connectivity index (χ4v) is 1.94. The summed E-state index contributed by atoms with van der Waals surface area (Å²) in [7, 11) is 0. The second-order valence-corrected chi connectivity index (χ2v) is 4.02. The topological polar surface area (TPSA) is 26.0 Å². The summed E-state index contributed by atoms with van der Waals surface area (Å²) >= 11 is 1.78. The van der Waals surface area contributed by atoms with Crippen molar-refractivity contribution in [2.45, 2.75) is 12.7 Å². The minimum absolute atomic E-state index is 0.162. The zero-order valence-corrected chi connectivity index (χ0v) is 8.53. The second-order valence-electron chi connectivity index (χ2n) is 2.91.